The van der Waals surface area contributed by atoms with Gasteiger partial charge in [-0.2, -0.15) is 0 Å². The Labute approximate surface area is 71.9 Å². The second-order valence-corrected chi connectivity index (χ2v) is 4.28. The van der Waals surface area contributed by atoms with E-state index in [0.717, 1.165) is 12.3 Å². The fourth-order valence-corrected chi connectivity index (χ4v) is 2.82. The molecular weight excluding hydrogens is 154 g/mol. The Morgan fingerprint density at radius 3 is 2.75 bits per heavy atom. The van der Waals surface area contributed by atoms with Crippen LogP contribution in [0, 0.1) is 17.3 Å². The first-order valence-electron chi connectivity index (χ1n) is 4.60. The van der Waals surface area contributed by atoms with Gasteiger partial charge in [0.15, 0.2) is 0 Å². The average Bonchev–Trinajstić information content (AvgIpc) is 2.72. The topological polar surface area (TPSA) is 63.3 Å². The van der Waals surface area contributed by atoms with Crippen LogP contribution < -0.4 is 5.73 Å². The van der Waals surface area contributed by atoms with Crippen molar-refractivity contribution in [2.75, 3.05) is 6.54 Å². The smallest absolute Gasteiger partial charge is 0.303 e. The van der Waals surface area contributed by atoms with Gasteiger partial charge in [-0.05, 0) is 43.1 Å². The highest BCUT2D eigenvalue weighted by Crippen LogP contribution is 2.63. The summed E-state index contributed by atoms with van der Waals surface area (Å²) in [5, 5.41) is 8.75. The second-order valence-electron chi connectivity index (χ2n) is 4.28. The van der Waals surface area contributed by atoms with Crippen molar-refractivity contribution < 1.29 is 9.90 Å². The molecule has 3 nitrogen and oxygen atoms in total. The lowest BCUT2D eigenvalue weighted by Gasteiger charge is -2.27. The normalized spacial score (nSPS) is 44.1. The molecule has 0 radical (unpaired) electrons. The maximum absolute atomic E-state index is 10.6. The zero-order valence-corrected chi connectivity index (χ0v) is 7.12. The molecule has 0 heterocycles. The van der Waals surface area contributed by atoms with Crippen LogP contribution >= 0.6 is 0 Å². The van der Waals surface area contributed by atoms with Crippen LogP contribution in [0.25, 0.3) is 0 Å². The third-order valence-corrected chi connectivity index (χ3v) is 3.63. The molecule has 2 aliphatic carbocycles. The first-order chi connectivity index (χ1) is 5.68. The van der Waals surface area contributed by atoms with E-state index in [2.05, 4.69) is 0 Å². The minimum Gasteiger partial charge on any atom is -0.481 e. The lowest BCUT2D eigenvalue weighted by molar-refractivity contribution is -0.139. The summed E-state index contributed by atoms with van der Waals surface area (Å²) < 4.78 is 0. The number of fused-ring (bicyclic) bond motifs is 1. The Morgan fingerprint density at radius 1 is 1.67 bits per heavy atom. The molecule has 0 aliphatic heterocycles. The molecule has 0 spiro atoms. The first-order valence-corrected chi connectivity index (χ1v) is 4.60. The highest BCUT2D eigenvalue weighted by atomic mass is 16.4. The third-order valence-electron chi connectivity index (χ3n) is 3.63. The molecule has 12 heavy (non-hydrogen) atoms. The molecule has 0 saturated heterocycles. The SMILES string of the molecule is NC[C@@]1(CC(=O)O)CC[C@H]2C[C@H]21. The van der Waals surface area contributed by atoms with Crippen molar-refractivity contribution >= 4 is 5.97 Å². The Hall–Kier alpha value is -0.570. The summed E-state index contributed by atoms with van der Waals surface area (Å²) in [7, 11) is 0. The van der Waals surface area contributed by atoms with E-state index >= 15 is 0 Å². The predicted molar refractivity (Wildman–Crippen MR) is 44.6 cm³/mol. The van der Waals surface area contributed by atoms with E-state index in [9.17, 15) is 4.79 Å². The number of carbonyl (C=O) groups is 1. The van der Waals surface area contributed by atoms with Gasteiger partial charge in [-0.1, -0.05) is 0 Å². The largest absolute Gasteiger partial charge is 0.481 e. The summed E-state index contributed by atoms with van der Waals surface area (Å²) in [6.07, 6.45) is 3.75. The molecule has 0 aromatic carbocycles. The lowest BCUT2D eigenvalue weighted by atomic mass is 9.79. The van der Waals surface area contributed by atoms with Gasteiger partial charge < -0.3 is 10.8 Å². The summed E-state index contributed by atoms with van der Waals surface area (Å²) in [5.74, 6) is 0.763. The van der Waals surface area contributed by atoms with Gasteiger partial charge in [-0.25, -0.2) is 0 Å². The van der Waals surface area contributed by atoms with Crippen LogP contribution in [0.1, 0.15) is 25.7 Å². The maximum atomic E-state index is 10.6. The monoisotopic (exact) mass is 169 g/mol. The van der Waals surface area contributed by atoms with Crippen LogP contribution in [-0.2, 0) is 4.79 Å². The Kier molecular flexibility index (Phi) is 1.65. The van der Waals surface area contributed by atoms with E-state index in [-0.39, 0.29) is 11.8 Å². The van der Waals surface area contributed by atoms with Crippen molar-refractivity contribution in [1.82, 2.24) is 0 Å². The molecule has 68 valence electrons. The van der Waals surface area contributed by atoms with Gasteiger partial charge in [-0.3, -0.25) is 4.79 Å². The van der Waals surface area contributed by atoms with Crippen LogP contribution in [0.2, 0.25) is 0 Å². The van der Waals surface area contributed by atoms with Crippen molar-refractivity contribution in [2.24, 2.45) is 23.0 Å². The fourth-order valence-electron chi connectivity index (χ4n) is 2.82. The van der Waals surface area contributed by atoms with Crippen molar-refractivity contribution in [1.29, 1.82) is 0 Å². The molecule has 0 bridgehead atoms. The van der Waals surface area contributed by atoms with Gasteiger partial charge in [0.2, 0.25) is 0 Å². The summed E-state index contributed by atoms with van der Waals surface area (Å²) in [4.78, 5) is 10.6. The minimum absolute atomic E-state index is 0.0312. The Balaban J connectivity index is 2.08. The van der Waals surface area contributed by atoms with Crippen molar-refractivity contribution in [3.05, 3.63) is 0 Å². The van der Waals surface area contributed by atoms with Gasteiger partial charge >= 0.3 is 5.97 Å². The van der Waals surface area contributed by atoms with Crippen molar-refractivity contribution in [2.45, 2.75) is 25.7 Å². The van der Waals surface area contributed by atoms with Gasteiger partial charge in [0.25, 0.3) is 0 Å². The second kappa shape index (κ2) is 2.46. The van der Waals surface area contributed by atoms with Gasteiger partial charge in [0, 0.05) is 0 Å². The molecule has 2 rings (SSSR count). The maximum Gasteiger partial charge on any atom is 0.303 e. The molecule has 0 aromatic rings. The first kappa shape index (κ1) is 8.05. The summed E-state index contributed by atoms with van der Waals surface area (Å²) >= 11 is 0. The number of carboxylic acid groups (broad SMARTS) is 1. The minimum atomic E-state index is -0.687. The number of aliphatic carboxylic acids is 1. The average molecular weight is 169 g/mol. The van der Waals surface area contributed by atoms with Crippen LogP contribution in [-0.4, -0.2) is 17.6 Å². The number of rotatable bonds is 3. The zero-order chi connectivity index (χ0) is 8.77. The molecule has 2 aliphatic rings. The van der Waals surface area contributed by atoms with Crippen LogP contribution in [0.4, 0.5) is 0 Å². The molecule has 2 fully saturated rings. The molecule has 3 heteroatoms. The molecule has 0 amide bonds. The highest BCUT2D eigenvalue weighted by molar-refractivity contribution is 5.68. The standard InChI is InChI=1S/C9H15NO2/c10-5-9(4-8(11)12)2-1-6-3-7(6)9/h6-7H,1-5,10H2,(H,11,12)/t6-,7+,9-/m0/s1. The van der Waals surface area contributed by atoms with E-state index in [1.807, 2.05) is 0 Å². The molecule has 0 aromatic heterocycles. The summed E-state index contributed by atoms with van der Waals surface area (Å²) in [6.45, 7) is 0.556. The molecular formula is C9H15NO2. The van der Waals surface area contributed by atoms with Gasteiger partial charge in [0.1, 0.15) is 0 Å². The highest BCUT2D eigenvalue weighted by Gasteiger charge is 2.57. The van der Waals surface area contributed by atoms with E-state index in [1.165, 1.54) is 12.8 Å². The van der Waals surface area contributed by atoms with Crippen LogP contribution in [0.5, 0.6) is 0 Å². The Morgan fingerprint density at radius 2 is 2.42 bits per heavy atom. The van der Waals surface area contributed by atoms with E-state index in [1.54, 1.807) is 0 Å². The van der Waals surface area contributed by atoms with Crippen molar-refractivity contribution in [3.63, 3.8) is 0 Å². The van der Waals surface area contributed by atoms with Gasteiger partial charge in [-0.15, -0.1) is 0 Å². The number of hydrogen-bond donors (Lipinski definition) is 2. The third kappa shape index (κ3) is 1.04. The molecule has 2 saturated carbocycles. The quantitative estimate of drug-likeness (QED) is 0.658. The summed E-state index contributed by atoms with van der Waals surface area (Å²) in [5.41, 5.74) is 5.64. The van der Waals surface area contributed by atoms with Crippen molar-refractivity contribution in [3.8, 4) is 0 Å². The van der Waals surface area contributed by atoms with E-state index < -0.39 is 5.97 Å². The molecule has 0 unspecified atom stereocenters. The van der Waals surface area contributed by atoms with Crippen LogP contribution in [0.3, 0.4) is 0 Å². The molecule has 3 atom stereocenters. The van der Waals surface area contributed by atoms with E-state index in [4.69, 9.17) is 10.8 Å². The molecule has 3 N–H and O–H groups in total. The summed E-state index contributed by atoms with van der Waals surface area (Å²) in [6, 6.07) is 0. The fraction of sp³-hybridized carbons (Fsp3) is 0.889. The zero-order valence-electron chi connectivity index (χ0n) is 7.12. The predicted octanol–water partition coefficient (Wildman–Crippen LogP) is 0.836. The lowest BCUT2D eigenvalue weighted by Crippen LogP contribution is -2.33. The Bertz CT molecular complexity index is 217. The number of hydrogen-bond acceptors (Lipinski definition) is 2. The van der Waals surface area contributed by atoms with E-state index in [0.29, 0.717) is 12.5 Å². The number of carboxylic acids is 1. The van der Waals surface area contributed by atoms with Gasteiger partial charge in [0.05, 0.1) is 6.42 Å². The number of nitrogens with two attached hydrogens (primary N) is 1. The van der Waals surface area contributed by atoms with Crippen LogP contribution in [0.15, 0.2) is 0 Å².